The molecule has 2 rings (SSSR count). The van der Waals surface area contributed by atoms with Crippen LogP contribution in [-0.4, -0.2) is 19.4 Å². The van der Waals surface area contributed by atoms with Gasteiger partial charge in [-0.2, -0.15) is 0 Å². The van der Waals surface area contributed by atoms with Crippen molar-refractivity contribution < 1.29 is 9.47 Å². The average Bonchev–Trinajstić information content (AvgIpc) is 2.68. The summed E-state index contributed by atoms with van der Waals surface area (Å²) in [6.07, 6.45) is 0.193. The summed E-state index contributed by atoms with van der Waals surface area (Å²) in [6, 6.07) is 5.81. The normalized spacial score (nSPS) is 24.7. The van der Waals surface area contributed by atoms with E-state index < -0.39 is 0 Å². The third-order valence-corrected chi connectivity index (χ3v) is 2.88. The summed E-state index contributed by atoms with van der Waals surface area (Å²) in [5, 5.41) is 3.87. The number of hydrogen-bond donors (Lipinski definition) is 1. The third kappa shape index (κ3) is 2.48. The Morgan fingerprint density at radius 1 is 1.56 bits per heavy atom. The number of benzene rings is 1. The predicted molar refractivity (Wildman–Crippen MR) is 63.9 cm³/mol. The predicted octanol–water partition coefficient (Wildman–Crippen LogP) is 2.75. The molecule has 2 atom stereocenters. The van der Waals surface area contributed by atoms with E-state index in [2.05, 4.69) is 5.32 Å². The van der Waals surface area contributed by atoms with Gasteiger partial charge in [0.25, 0.3) is 0 Å². The first-order valence-corrected chi connectivity index (χ1v) is 5.89. The van der Waals surface area contributed by atoms with Crippen molar-refractivity contribution in [1.29, 1.82) is 0 Å². The first kappa shape index (κ1) is 11.7. The van der Waals surface area contributed by atoms with E-state index in [9.17, 15) is 0 Å². The summed E-state index contributed by atoms with van der Waals surface area (Å²) in [6.45, 7) is 5.38. The second-order valence-electron chi connectivity index (χ2n) is 3.80. The van der Waals surface area contributed by atoms with Crippen molar-refractivity contribution in [3.63, 3.8) is 0 Å². The molecule has 1 saturated heterocycles. The Bertz CT molecular complexity index is 370. The number of hydrogen-bond acceptors (Lipinski definition) is 3. The quantitative estimate of drug-likeness (QED) is 0.883. The molecule has 0 aliphatic carbocycles. The smallest absolute Gasteiger partial charge is 0.137 e. The van der Waals surface area contributed by atoms with Crippen molar-refractivity contribution in [2.75, 3.05) is 13.2 Å². The molecule has 4 heteroatoms. The Balaban J connectivity index is 2.14. The minimum atomic E-state index is 0.0863. The van der Waals surface area contributed by atoms with Gasteiger partial charge in [0.15, 0.2) is 0 Å². The second-order valence-corrected chi connectivity index (χ2v) is 4.21. The maximum Gasteiger partial charge on any atom is 0.137 e. The number of nitrogens with one attached hydrogen (secondary N) is 1. The van der Waals surface area contributed by atoms with Crippen LogP contribution in [0.2, 0.25) is 5.02 Å². The Morgan fingerprint density at radius 2 is 2.38 bits per heavy atom. The van der Waals surface area contributed by atoms with E-state index in [1.165, 1.54) is 0 Å². The van der Waals surface area contributed by atoms with E-state index in [0.29, 0.717) is 11.6 Å². The van der Waals surface area contributed by atoms with Crippen LogP contribution >= 0.6 is 11.6 Å². The lowest BCUT2D eigenvalue weighted by Crippen LogP contribution is -2.17. The molecule has 1 heterocycles. The van der Waals surface area contributed by atoms with Gasteiger partial charge in [-0.15, -0.1) is 0 Å². The highest BCUT2D eigenvalue weighted by Crippen LogP contribution is 2.30. The maximum absolute atomic E-state index is 6.12. The van der Waals surface area contributed by atoms with Crippen molar-refractivity contribution in [1.82, 2.24) is 5.32 Å². The minimum Gasteiger partial charge on any atom is -0.492 e. The fraction of sp³-hybridized carbons (Fsp3) is 0.500. The SMILES string of the molecule is CCOc1ccc(C2CNC(C)O2)cc1Cl. The fourth-order valence-corrected chi connectivity index (χ4v) is 2.05. The molecule has 0 radical (unpaired) electrons. The van der Waals surface area contributed by atoms with E-state index >= 15 is 0 Å². The van der Waals surface area contributed by atoms with Crippen molar-refractivity contribution in [3.8, 4) is 5.75 Å². The summed E-state index contributed by atoms with van der Waals surface area (Å²) < 4.78 is 11.1. The van der Waals surface area contributed by atoms with Crippen LogP contribution in [0.15, 0.2) is 18.2 Å². The molecule has 1 aromatic carbocycles. The van der Waals surface area contributed by atoms with Gasteiger partial charge >= 0.3 is 0 Å². The highest BCUT2D eigenvalue weighted by molar-refractivity contribution is 6.32. The molecular weight excluding hydrogens is 226 g/mol. The molecule has 1 aromatic rings. The summed E-state index contributed by atoms with van der Waals surface area (Å²) in [5.74, 6) is 0.729. The average molecular weight is 242 g/mol. The standard InChI is InChI=1S/C12H16ClNO2/c1-3-15-11-5-4-9(6-10(11)13)12-7-14-8(2)16-12/h4-6,8,12,14H,3,7H2,1-2H3. The molecule has 0 aromatic heterocycles. The number of rotatable bonds is 3. The van der Waals surface area contributed by atoms with Gasteiger partial charge in [-0.3, -0.25) is 5.32 Å². The first-order valence-electron chi connectivity index (χ1n) is 5.51. The highest BCUT2D eigenvalue weighted by atomic mass is 35.5. The third-order valence-electron chi connectivity index (χ3n) is 2.59. The Hall–Kier alpha value is -0.770. The zero-order chi connectivity index (χ0) is 11.5. The molecule has 88 valence electrons. The van der Waals surface area contributed by atoms with Gasteiger partial charge in [-0.1, -0.05) is 17.7 Å². The molecule has 2 unspecified atom stereocenters. The lowest BCUT2D eigenvalue weighted by Gasteiger charge is -2.12. The number of halogens is 1. The lowest BCUT2D eigenvalue weighted by atomic mass is 10.1. The summed E-state index contributed by atoms with van der Waals surface area (Å²) >= 11 is 6.12. The van der Waals surface area contributed by atoms with Crippen LogP contribution in [0.3, 0.4) is 0 Å². The maximum atomic E-state index is 6.12. The van der Waals surface area contributed by atoms with E-state index in [4.69, 9.17) is 21.1 Å². The van der Waals surface area contributed by atoms with Gasteiger partial charge in [-0.05, 0) is 31.5 Å². The largest absolute Gasteiger partial charge is 0.492 e. The number of ether oxygens (including phenoxy) is 2. The van der Waals surface area contributed by atoms with Crippen molar-refractivity contribution in [3.05, 3.63) is 28.8 Å². The van der Waals surface area contributed by atoms with Gasteiger partial charge in [0.05, 0.1) is 17.7 Å². The van der Waals surface area contributed by atoms with Crippen LogP contribution in [0.4, 0.5) is 0 Å². The molecule has 0 amide bonds. The molecule has 1 fully saturated rings. The lowest BCUT2D eigenvalue weighted by molar-refractivity contribution is 0.0529. The second kappa shape index (κ2) is 5.04. The zero-order valence-electron chi connectivity index (χ0n) is 9.50. The Labute approximate surface area is 101 Å². The molecule has 1 N–H and O–H groups in total. The van der Waals surface area contributed by atoms with E-state index in [-0.39, 0.29) is 12.3 Å². The van der Waals surface area contributed by atoms with Crippen molar-refractivity contribution >= 4 is 11.6 Å². The summed E-state index contributed by atoms with van der Waals surface area (Å²) in [5.41, 5.74) is 1.09. The minimum absolute atomic E-state index is 0.0863. The molecule has 0 saturated carbocycles. The fourth-order valence-electron chi connectivity index (χ4n) is 1.80. The molecular formula is C12H16ClNO2. The van der Waals surface area contributed by atoms with E-state index in [0.717, 1.165) is 17.9 Å². The van der Waals surface area contributed by atoms with Gasteiger partial charge in [0, 0.05) is 6.54 Å². The van der Waals surface area contributed by atoms with Gasteiger partial charge in [0.1, 0.15) is 12.0 Å². The zero-order valence-corrected chi connectivity index (χ0v) is 10.3. The van der Waals surface area contributed by atoms with Crippen LogP contribution in [0.25, 0.3) is 0 Å². The molecule has 3 nitrogen and oxygen atoms in total. The topological polar surface area (TPSA) is 30.5 Å². The van der Waals surface area contributed by atoms with Crippen LogP contribution in [0.5, 0.6) is 5.75 Å². The van der Waals surface area contributed by atoms with E-state index in [1.807, 2.05) is 32.0 Å². The van der Waals surface area contributed by atoms with Crippen LogP contribution in [-0.2, 0) is 4.74 Å². The monoisotopic (exact) mass is 241 g/mol. The van der Waals surface area contributed by atoms with Crippen molar-refractivity contribution in [2.45, 2.75) is 26.2 Å². The van der Waals surface area contributed by atoms with Crippen LogP contribution < -0.4 is 10.1 Å². The van der Waals surface area contributed by atoms with E-state index in [1.54, 1.807) is 0 Å². The Morgan fingerprint density at radius 3 is 2.94 bits per heavy atom. The highest BCUT2D eigenvalue weighted by Gasteiger charge is 2.23. The molecule has 1 aliphatic heterocycles. The van der Waals surface area contributed by atoms with Gasteiger partial charge in [0.2, 0.25) is 0 Å². The van der Waals surface area contributed by atoms with Crippen molar-refractivity contribution in [2.24, 2.45) is 0 Å². The summed E-state index contributed by atoms with van der Waals surface area (Å²) in [4.78, 5) is 0. The molecule has 0 spiro atoms. The van der Waals surface area contributed by atoms with Gasteiger partial charge in [-0.25, -0.2) is 0 Å². The van der Waals surface area contributed by atoms with Crippen LogP contribution in [0.1, 0.15) is 25.5 Å². The Kier molecular flexibility index (Phi) is 3.69. The first-order chi connectivity index (χ1) is 7.70. The van der Waals surface area contributed by atoms with Crippen LogP contribution in [0, 0.1) is 0 Å². The molecule has 1 aliphatic rings. The summed E-state index contributed by atoms with van der Waals surface area (Å²) in [7, 11) is 0. The molecule has 0 bridgehead atoms. The van der Waals surface area contributed by atoms with Gasteiger partial charge < -0.3 is 9.47 Å². The molecule has 16 heavy (non-hydrogen) atoms.